The van der Waals surface area contributed by atoms with Crippen molar-refractivity contribution in [2.24, 2.45) is 0 Å². The molecule has 2 unspecified atom stereocenters. The normalized spacial score (nSPS) is 18.9. The van der Waals surface area contributed by atoms with Gasteiger partial charge in [0.2, 0.25) is 0 Å². The monoisotopic (exact) mass is 672 g/mol. The van der Waals surface area contributed by atoms with E-state index in [-0.39, 0.29) is 18.9 Å². The molecule has 2 aromatic heterocycles. The van der Waals surface area contributed by atoms with E-state index >= 15 is 0 Å². The first-order valence-electron chi connectivity index (χ1n) is 15.8. The van der Waals surface area contributed by atoms with Gasteiger partial charge < -0.3 is 6.92 Å². The summed E-state index contributed by atoms with van der Waals surface area (Å²) in [5.74, 6) is 0.623. The van der Waals surface area contributed by atoms with Gasteiger partial charge in [-0.3, -0.25) is 0 Å². The van der Waals surface area contributed by atoms with Gasteiger partial charge in [-0.25, -0.2) is 0 Å². The van der Waals surface area contributed by atoms with Crippen LogP contribution in [0.25, 0.3) is 31.3 Å². The van der Waals surface area contributed by atoms with Gasteiger partial charge >= 0.3 is 18.9 Å². The molecule has 44 heavy (non-hydrogen) atoms. The number of thiophene rings is 2. The number of rotatable bonds is 2. The first-order valence-corrected chi connectivity index (χ1v) is 25.4. The molecule has 2 aliphatic rings. The van der Waals surface area contributed by atoms with Crippen LogP contribution in [-0.2, 0) is 5.04 Å². The number of unbranched alkanes of at least 4 members (excludes halogenated alkanes) is 1. The fraction of sp³-hybridized carbons (Fsp3) is 0.447. The van der Waals surface area contributed by atoms with E-state index in [4.69, 9.17) is 11.1 Å². The third-order valence-electron chi connectivity index (χ3n) is 9.22. The van der Waals surface area contributed by atoms with Gasteiger partial charge in [0.1, 0.15) is 7.38 Å². The molecule has 2 aromatic carbocycles. The van der Waals surface area contributed by atoms with Crippen molar-refractivity contribution in [3.8, 4) is 0 Å². The Hall–Kier alpha value is -0.839. The van der Waals surface area contributed by atoms with Crippen LogP contribution in [0.1, 0.15) is 88.1 Å². The maximum atomic E-state index is 5.67. The molecule has 0 nitrogen and oxygen atoms in total. The maximum Gasteiger partial charge on any atom is 1.00 e. The van der Waals surface area contributed by atoms with Crippen LogP contribution in [0.4, 0.5) is 0 Å². The predicted molar refractivity (Wildman–Crippen MR) is 209 cm³/mol. The fourth-order valence-electron chi connectivity index (χ4n) is 5.88. The fourth-order valence-corrected chi connectivity index (χ4v) is 11.8. The van der Waals surface area contributed by atoms with E-state index in [0.29, 0.717) is 11.0 Å². The minimum atomic E-state index is -1.31. The van der Waals surface area contributed by atoms with E-state index in [0.717, 1.165) is 6.42 Å². The standard InChI is InChI=1S/C17H22SSi.C14H14S.C4H9.C3H9ClSi.Li/c1-11-12(2)17(3,19(4,5)6)16-15(11)13-9-7-8-10-14(13)18-16;1-8-9(2)13-11-6-4-5-7-12(11)15-14(13)10(8)3;1-3-4-2;1-5(2,3)4;/h7-10H,1-6H3;4-7,10H,1-3H3;1,3-4H2,2H3;1-3H3;/q;;-1;;+1. The van der Waals surface area contributed by atoms with Gasteiger partial charge in [0.25, 0.3) is 0 Å². The van der Waals surface area contributed by atoms with Crippen molar-refractivity contribution in [2.45, 2.75) is 112 Å². The molecule has 0 saturated carbocycles. The summed E-state index contributed by atoms with van der Waals surface area (Å²) >= 11 is 9.65. The van der Waals surface area contributed by atoms with Crippen molar-refractivity contribution < 1.29 is 18.9 Å². The van der Waals surface area contributed by atoms with Crippen LogP contribution in [0.3, 0.4) is 0 Å². The number of benzene rings is 2. The molecule has 4 aromatic rings. The molecule has 6 heteroatoms. The molecule has 0 fully saturated rings. The Kier molecular flexibility index (Phi) is 13.7. The van der Waals surface area contributed by atoms with Crippen molar-refractivity contribution >= 4 is 80.5 Å². The average Bonchev–Trinajstić information content (AvgIpc) is 3.62. The van der Waals surface area contributed by atoms with E-state index in [1.165, 1.54) is 43.3 Å². The molecule has 2 heterocycles. The number of allylic oxidation sites excluding steroid dienone is 4. The first kappa shape index (κ1) is 39.3. The van der Waals surface area contributed by atoms with Gasteiger partial charge in [-0.15, -0.1) is 22.7 Å². The molecule has 234 valence electrons. The van der Waals surface area contributed by atoms with Crippen LogP contribution < -0.4 is 18.9 Å². The van der Waals surface area contributed by atoms with Crippen molar-refractivity contribution in [3.05, 3.63) is 87.5 Å². The minimum Gasteiger partial charge on any atom is -0.343 e. The molecule has 2 aliphatic carbocycles. The van der Waals surface area contributed by atoms with Crippen LogP contribution in [0, 0.1) is 6.92 Å². The summed E-state index contributed by atoms with van der Waals surface area (Å²) in [4.78, 5) is 3.19. The van der Waals surface area contributed by atoms with E-state index in [1.807, 2.05) is 22.7 Å². The Labute approximate surface area is 296 Å². The van der Waals surface area contributed by atoms with Crippen molar-refractivity contribution in [1.29, 1.82) is 0 Å². The summed E-state index contributed by atoms with van der Waals surface area (Å²) in [5, 5.41) is 3.20. The molecule has 2 atom stereocenters. The zero-order chi connectivity index (χ0) is 32.5. The second-order valence-electron chi connectivity index (χ2n) is 14.2. The van der Waals surface area contributed by atoms with E-state index in [9.17, 15) is 0 Å². The molecule has 0 spiro atoms. The van der Waals surface area contributed by atoms with Gasteiger partial charge in [0.15, 0.2) is 0 Å². The van der Waals surface area contributed by atoms with Crippen molar-refractivity contribution in [3.63, 3.8) is 0 Å². The van der Waals surface area contributed by atoms with Crippen LogP contribution in [0.5, 0.6) is 0 Å². The van der Waals surface area contributed by atoms with E-state index in [1.54, 1.807) is 26.5 Å². The summed E-state index contributed by atoms with van der Waals surface area (Å²) in [5.41, 5.74) is 9.23. The maximum absolute atomic E-state index is 5.67. The Morgan fingerprint density at radius 3 is 1.68 bits per heavy atom. The van der Waals surface area contributed by atoms with Gasteiger partial charge in [0, 0.05) is 40.9 Å². The average molecular weight is 674 g/mol. The molecule has 0 saturated heterocycles. The van der Waals surface area contributed by atoms with Gasteiger partial charge in [-0.1, -0.05) is 114 Å². The second-order valence-corrected chi connectivity index (χ2v) is 29.4. The number of hydrogen-bond donors (Lipinski definition) is 0. The molecule has 6 rings (SSSR count). The largest absolute Gasteiger partial charge is 1.00 e. The Balaban J connectivity index is 0.000000241. The zero-order valence-electron chi connectivity index (χ0n) is 30.0. The van der Waals surface area contributed by atoms with Gasteiger partial charge in [-0.2, -0.15) is 17.5 Å². The van der Waals surface area contributed by atoms with Crippen molar-refractivity contribution in [2.75, 3.05) is 0 Å². The number of hydrogen-bond acceptors (Lipinski definition) is 2. The Bertz CT molecular complexity index is 1640. The summed E-state index contributed by atoms with van der Waals surface area (Å²) < 4.78 is 2.88. The summed E-state index contributed by atoms with van der Waals surface area (Å²) in [6.07, 6.45) is 2.28. The molecule has 0 amide bonds. The van der Waals surface area contributed by atoms with E-state index in [2.05, 4.69) is 143 Å². The summed E-state index contributed by atoms with van der Waals surface area (Å²) in [6.45, 7) is 33.5. The summed E-state index contributed by atoms with van der Waals surface area (Å²) in [7, 11) is -2.45. The number of halogens is 1. The molecule has 0 aliphatic heterocycles. The smallest absolute Gasteiger partial charge is 0.343 e. The second kappa shape index (κ2) is 15.4. The molecule has 0 bridgehead atoms. The topological polar surface area (TPSA) is 0 Å². The third kappa shape index (κ3) is 7.99. The molecular weight excluding hydrogens is 619 g/mol. The van der Waals surface area contributed by atoms with Crippen LogP contribution in [0.15, 0.2) is 59.7 Å². The van der Waals surface area contributed by atoms with E-state index < -0.39 is 15.5 Å². The SMILES string of the molecule is CC1=C(C)C(C)([Si](C)(C)C)c2sc3ccccc3c21.CC1=C(C)C(C)c2sc3ccccc3c21.C[Si](C)(C)Cl.[CH2-]CCC.[Li+]. The quantitative estimate of drug-likeness (QED) is 0.113. The Morgan fingerprint density at radius 1 is 0.795 bits per heavy atom. The van der Waals surface area contributed by atoms with Crippen LogP contribution in [-0.4, -0.2) is 15.5 Å². The van der Waals surface area contributed by atoms with Crippen LogP contribution >= 0.6 is 33.8 Å². The van der Waals surface area contributed by atoms with Crippen LogP contribution in [0.2, 0.25) is 39.3 Å². The van der Waals surface area contributed by atoms with Gasteiger partial charge in [-0.05, 0) is 62.1 Å². The zero-order valence-corrected chi connectivity index (χ0v) is 34.4. The number of fused-ring (bicyclic) bond motifs is 6. The predicted octanol–water partition coefficient (Wildman–Crippen LogP) is 11.3. The van der Waals surface area contributed by atoms with Crippen molar-refractivity contribution in [1.82, 2.24) is 0 Å². The molecular formula is C38H54ClLiS2Si2. The molecule has 0 N–H and O–H groups in total. The third-order valence-corrected chi connectivity index (χ3v) is 15.8. The minimum absolute atomic E-state index is 0. The van der Waals surface area contributed by atoms with Gasteiger partial charge in [0.05, 0.1) is 8.07 Å². The Morgan fingerprint density at radius 2 is 1.23 bits per heavy atom. The first-order chi connectivity index (χ1) is 19.9. The molecule has 0 radical (unpaired) electrons. The summed E-state index contributed by atoms with van der Waals surface area (Å²) in [6, 6.07) is 17.6.